The second-order valence-corrected chi connectivity index (χ2v) is 14.8. The van der Waals surface area contributed by atoms with Crippen LogP contribution in [0.15, 0.2) is 116 Å². The van der Waals surface area contributed by atoms with Gasteiger partial charge in [-0.05, 0) is 84.9 Å². The molecule has 0 atom stereocenters. The van der Waals surface area contributed by atoms with E-state index in [0.717, 1.165) is 15.2 Å². The molecule has 0 spiro atoms. The van der Waals surface area contributed by atoms with Crippen LogP contribution in [0, 0.1) is 0 Å². The predicted molar refractivity (Wildman–Crippen MR) is 169 cm³/mol. The summed E-state index contributed by atoms with van der Waals surface area (Å²) in [6, 6.07) is 27.0. The smallest absolute Gasteiger partial charge is 0.264 e. The minimum absolute atomic E-state index is 0.105. The molecule has 0 radical (unpaired) electrons. The highest BCUT2D eigenvalue weighted by Gasteiger charge is 2.21. The maximum atomic E-state index is 12.4. The van der Waals surface area contributed by atoms with Crippen molar-refractivity contribution in [3.8, 4) is 0 Å². The van der Waals surface area contributed by atoms with Crippen molar-refractivity contribution in [3.05, 3.63) is 116 Å². The first-order chi connectivity index (χ1) is 18.2. The third-order valence-electron chi connectivity index (χ3n) is 4.86. The van der Waals surface area contributed by atoms with Crippen molar-refractivity contribution in [2.45, 2.75) is 9.79 Å². The van der Waals surface area contributed by atoms with Crippen molar-refractivity contribution in [1.29, 1.82) is 0 Å². The first kappa shape index (κ1) is 33.4. The third-order valence-corrected chi connectivity index (χ3v) is 9.48. The number of nitrogens with zero attached hydrogens (tertiary/aromatic N) is 1. The van der Waals surface area contributed by atoms with Crippen molar-refractivity contribution in [3.63, 3.8) is 0 Å². The molecule has 39 heavy (non-hydrogen) atoms. The van der Waals surface area contributed by atoms with Crippen LogP contribution in [-0.2, 0) is 19.1 Å². The summed E-state index contributed by atoms with van der Waals surface area (Å²) in [5, 5.41) is 4.33. The Morgan fingerprint density at radius 1 is 0.692 bits per heavy atom. The molecule has 0 heterocycles. The van der Waals surface area contributed by atoms with Gasteiger partial charge in [0.1, 0.15) is 0 Å². The lowest BCUT2D eigenvalue weighted by Crippen LogP contribution is -2.26. The van der Waals surface area contributed by atoms with Gasteiger partial charge in [0, 0.05) is 49.5 Å². The van der Waals surface area contributed by atoms with Gasteiger partial charge in [0.25, 0.3) is 19.1 Å². The fourth-order valence-electron chi connectivity index (χ4n) is 2.81. The molecular formula is C26H23Br2Cl3N2O4S2. The van der Waals surface area contributed by atoms with Gasteiger partial charge < -0.3 is 5.32 Å². The summed E-state index contributed by atoms with van der Waals surface area (Å²) in [6.45, 7) is 0. The molecule has 0 saturated carbocycles. The van der Waals surface area contributed by atoms with E-state index in [2.05, 4.69) is 37.2 Å². The Morgan fingerprint density at radius 3 is 1.54 bits per heavy atom. The zero-order chi connectivity index (χ0) is 29.2. The highest BCUT2D eigenvalue weighted by molar-refractivity contribution is 9.10. The molecule has 13 heteroatoms. The van der Waals surface area contributed by atoms with Crippen molar-refractivity contribution < 1.29 is 16.8 Å². The van der Waals surface area contributed by atoms with Crippen LogP contribution < -0.4 is 9.62 Å². The molecule has 1 N–H and O–H groups in total. The fourth-order valence-corrected chi connectivity index (χ4v) is 6.20. The predicted octanol–water partition coefficient (Wildman–Crippen LogP) is 8.69. The van der Waals surface area contributed by atoms with Crippen LogP contribution in [0.25, 0.3) is 0 Å². The van der Waals surface area contributed by atoms with Gasteiger partial charge in [0.05, 0.1) is 15.5 Å². The molecule has 0 aliphatic rings. The van der Waals surface area contributed by atoms with E-state index < -0.39 is 19.1 Å². The maximum Gasteiger partial charge on any atom is 0.264 e. The lowest BCUT2D eigenvalue weighted by molar-refractivity contribution is 0.594. The quantitative estimate of drug-likeness (QED) is 0.206. The van der Waals surface area contributed by atoms with Crippen molar-refractivity contribution >= 4 is 96.2 Å². The molecule has 4 aromatic rings. The Bertz CT molecular complexity index is 1590. The van der Waals surface area contributed by atoms with E-state index in [4.69, 9.17) is 33.9 Å². The number of rotatable bonds is 5. The number of hydrogen-bond acceptors (Lipinski definition) is 5. The number of benzene rings is 4. The molecule has 4 rings (SSSR count). The topological polar surface area (TPSA) is 83.6 Å². The van der Waals surface area contributed by atoms with E-state index in [9.17, 15) is 16.8 Å². The zero-order valence-electron chi connectivity index (χ0n) is 20.5. The highest BCUT2D eigenvalue weighted by Crippen LogP contribution is 2.25. The Balaban J connectivity index is 0.000000226. The van der Waals surface area contributed by atoms with Gasteiger partial charge in [-0.2, -0.15) is 0 Å². The molecule has 0 unspecified atom stereocenters. The Hall–Kier alpha value is -1.79. The second-order valence-electron chi connectivity index (χ2n) is 7.56. The second kappa shape index (κ2) is 15.3. The maximum absolute atomic E-state index is 12.4. The summed E-state index contributed by atoms with van der Waals surface area (Å²) in [6.07, 6.45) is 0. The van der Waals surface area contributed by atoms with E-state index in [1.807, 2.05) is 31.3 Å². The molecule has 0 aliphatic carbocycles. The summed E-state index contributed by atoms with van der Waals surface area (Å²) in [7, 11) is 1.32. The van der Waals surface area contributed by atoms with Gasteiger partial charge in [0.15, 0.2) is 0 Å². The van der Waals surface area contributed by atoms with E-state index in [0.29, 0.717) is 15.2 Å². The highest BCUT2D eigenvalue weighted by atomic mass is 79.9. The lowest BCUT2D eigenvalue weighted by Gasteiger charge is -2.19. The average Bonchev–Trinajstić information content (AvgIpc) is 2.89. The molecule has 6 nitrogen and oxygen atoms in total. The summed E-state index contributed by atoms with van der Waals surface area (Å²) in [5.41, 5.74) is 1.64. The first-order valence-electron chi connectivity index (χ1n) is 10.9. The van der Waals surface area contributed by atoms with E-state index in [-0.39, 0.29) is 9.79 Å². The number of hydrogen-bond donors (Lipinski definition) is 1. The molecule has 0 saturated heterocycles. The SMILES string of the molecule is CN(c1ccc(Cl)cc1)S(=O)(=O)c1cccc(Br)c1.CNc1ccc(Cl)cc1.O=S(=O)(Cl)c1cccc(Br)c1. The van der Waals surface area contributed by atoms with Gasteiger partial charge in [-0.3, -0.25) is 4.31 Å². The van der Waals surface area contributed by atoms with Crippen LogP contribution in [0.4, 0.5) is 11.4 Å². The number of sulfonamides is 1. The average molecular weight is 758 g/mol. The van der Waals surface area contributed by atoms with E-state index >= 15 is 0 Å². The van der Waals surface area contributed by atoms with Crippen molar-refractivity contribution in [2.75, 3.05) is 23.7 Å². The molecule has 0 fully saturated rings. The largest absolute Gasteiger partial charge is 0.388 e. The van der Waals surface area contributed by atoms with Gasteiger partial charge in [-0.15, -0.1) is 0 Å². The Kier molecular flexibility index (Phi) is 13.1. The zero-order valence-corrected chi connectivity index (χ0v) is 27.6. The minimum atomic E-state index is -3.58. The van der Waals surface area contributed by atoms with E-state index in [1.165, 1.54) is 23.5 Å². The van der Waals surface area contributed by atoms with Gasteiger partial charge >= 0.3 is 0 Å². The first-order valence-corrected chi connectivity index (χ1v) is 17.0. The molecule has 0 aromatic heterocycles. The third kappa shape index (κ3) is 11.0. The van der Waals surface area contributed by atoms with Crippen LogP contribution in [0.2, 0.25) is 10.0 Å². The number of anilines is 2. The molecule has 0 aliphatic heterocycles. The normalized spacial score (nSPS) is 10.8. The lowest BCUT2D eigenvalue weighted by atomic mass is 10.3. The molecular weight excluding hydrogens is 735 g/mol. The Morgan fingerprint density at radius 2 is 1.13 bits per heavy atom. The monoisotopic (exact) mass is 754 g/mol. The summed E-state index contributed by atoms with van der Waals surface area (Å²) in [5.74, 6) is 0. The van der Waals surface area contributed by atoms with Crippen LogP contribution in [-0.4, -0.2) is 30.9 Å². The van der Waals surface area contributed by atoms with Crippen molar-refractivity contribution in [1.82, 2.24) is 0 Å². The molecule has 4 aromatic carbocycles. The summed E-state index contributed by atoms with van der Waals surface area (Å²) >= 11 is 17.8. The summed E-state index contributed by atoms with van der Waals surface area (Å²) in [4.78, 5) is 0.341. The molecule has 208 valence electrons. The van der Waals surface area contributed by atoms with Gasteiger partial charge in [0.2, 0.25) is 0 Å². The fraction of sp³-hybridized carbons (Fsp3) is 0.0769. The van der Waals surface area contributed by atoms with Crippen LogP contribution >= 0.6 is 65.7 Å². The van der Waals surface area contributed by atoms with Crippen LogP contribution in [0.1, 0.15) is 0 Å². The molecule has 0 amide bonds. The standard InChI is InChI=1S/C13H11BrClNO2S.C7H8ClN.C6H4BrClO2S/c1-16(12-7-5-11(15)6-8-12)19(17,18)13-4-2-3-10(14)9-13;1-9-7-4-2-6(8)3-5-7;7-5-2-1-3-6(4-5)11(8,9)10/h2-9H,1H3;2-5,9H,1H3;1-4H. The van der Waals surface area contributed by atoms with Crippen LogP contribution in [0.3, 0.4) is 0 Å². The number of nitrogens with one attached hydrogen (secondary N) is 1. The minimum Gasteiger partial charge on any atom is -0.388 e. The number of halogens is 5. The van der Waals surface area contributed by atoms with Crippen LogP contribution in [0.5, 0.6) is 0 Å². The van der Waals surface area contributed by atoms with E-state index in [1.54, 1.807) is 60.7 Å². The molecule has 0 bridgehead atoms. The van der Waals surface area contributed by atoms with Crippen molar-refractivity contribution in [2.24, 2.45) is 0 Å². The van der Waals surface area contributed by atoms with Gasteiger partial charge in [-0.25, -0.2) is 16.8 Å². The Labute approximate surface area is 260 Å². The van der Waals surface area contributed by atoms with Gasteiger partial charge in [-0.1, -0.05) is 67.2 Å². The summed E-state index contributed by atoms with van der Waals surface area (Å²) < 4.78 is 49.0.